The predicted octanol–water partition coefficient (Wildman–Crippen LogP) is 2.48. The molecule has 144 valence electrons. The molecule has 2 rings (SSSR count). The lowest BCUT2D eigenvalue weighted by atomic mass is 10.0. The molecule has 1 aliphatic heterocycles. The van der Waals surface area contributed by atoms with Crippen molar-refractivity contribution in [2.45, 2.75) is 24.8 Å². The van der Waals surface area contributed by atoms with Gasteiger partial charge in [-0.25, -0.2) is 14.4 Å². The van der Waals surface area contributed by atoms with Gasteiger partial charge in [0.25, 0.3) is 0 Å². The topological polar surface area (TPSA) is 93.7 Å². The average Bonchev–Trinajstić information content (AvgIpc) is 2.64. The molecule has 8 heteroatoms. The third-order valence-corrected chi connectivity index (χ3v) is 4.50. The van der Waals surface area contributed by atoms with E-state index in [4.69, 9.17) is 9.47 Å². The van der Waals surface area contributed by atoms with Gasteiger partial charge in [0, 0.05) is 11.0 Å². The molecule has 0 spiro atoms. The number of nitrogens with one attached hydrogen (secondary N) is 2. The quantitative estimate of drug-likeness (QED) is 0.422. The highest BCUT2D eigenvalue weighted by atomic mass is 32.2. The smallest absolute Gasteiger partial charge is 0.338 e. The lowest BCUT2D eigenvalue weighted by Gasteiger charge is -2.26. The number of rotatable bonds is 7. The van der Waals surface area contributed by atoms with Crippen molar-refractivity contribution in [3.8, 4) is 0 Å². The molecule has 0 aliphatic carbocycles. The average molecular weight is 390 g/mol. The van der Waals surface area contributed by atoms with Gasteiger partial charge in [-0.2, -0.15) is 0 Å². The van der Waals surface area contributed by atoms with Crippen molar-refractivity contribution in [1.82, 2.24) is 10.6 Å². The first-order valence-corrected chi connectivity index (χ1v) is 9.63. The molecule has 1 atom stereocenters. The molecule has 1 aromatic carbocycles. The summed E-state index contributed by atoms with van der Waals surface area (Å²) in [6.07, 6.45) is 4.92. The number of ether oxygens (including phenoxy) is 2. The number of benzene rings is 1. The van der Waals surface area contributed by atoms with Crippen molar-refractivity contribution in [1.29, 1.82) is 0 Å². The van der Waals surface area contributed by atoms with Gasteiger partial charge in [-0.1, -0.05) is 12.1 Å². The first-order chi connectivity index (χ1) is 12.9. The minimum atomic E-state index is -0.583. The number of carbonyl (C=O) groups excluding carboxylic acids is 3. The van der Waals surface area contributed by atoms with Crippen molar-refractivity contribution in [3.05, 3.63) is 47.2 Å². The van der Waals surface area contributed by atoms with E-state index in [1.165, 1.54) is 6.08 Å². The van der Waals surface area contributed by atoms with Crippen molar-refractivity contribution >= 4 is 35.8 Å². The van der Waals surface area contributed by atoms with E-state index in [0.717, 1.165) is 10.5 Å². The SMILES string of the molecule is CCOC(=O)C1=C(COC(=O)/C=C/c2ccc(SC)cc2)NC(=O)N[C@@H]1C. The third kappa shape index (κ3) is 5.89. The lowest BCUT2D eigenvalue weighted by molar-refractivity contribution is -0.140. The van der Waals surface area contributed by atoms with Crippen LogP contribution in [0.25, 0.3) is 6.08 Å². The maximum Gasteiger partial charge on any atom is 0.338 e. The molecule has 1 heterocycles. The summed E-state index contributed by atoms with van der Waals surface area (Å²) in [5.41, 5.74) is 1.32. The number of hydrogen-bond acceptors (Lipinski definition) is 6. The van der Waals surface area contributed by atoms with E-state index >= 15 is 0 Å². The highest BCUT2D eigenvalue weighted by molar-refractivity contribution is 7.98. The Bertz CT molecular complexity index is 771. The number of esters is 2. The third-order valence-electron chi connectivity index (χ3n) is 3.75. The van der Waals surface area contributed by atoms with Crippen LogP contribution in [0.5, 0.6) is 0 Å². The second kappa shape index (κ2) is 9.82. The zero-order valence-corrected chi connectivity index (χ0v) is 16.2. The number of carbonyl (C=O) groups is 3. The van der Waals surface area contributed by atoms with Crippen LogP contribution in [0.2, 0.25) is 0 Å². The molecule has 7 nitrogen and oxygen atoms in total. The first kappa shape index (κ1) is 20.6. The summed E-state index contributed by atoms with van der Waals surface area (Å²) in [5.74, 6) is -1.15. The van der Waals surface area contributed by atoms with E-state index in [-0.39, 0.29) is 24.5 Å². The van der Waals surface area contributed by atoms with Gasteiger partial charge in [0.1, 0.15) is 6.61 Å². The van der Waals surface area contributed by atoms with Gasteiger partial charge in [0.15, 0.2) is 0 Å². The van der Waals surface area contributed by atoms with Crippen LogP contribution in [-0.4, -0.2) is 43.5 Å². The molecule has 1 aliphatic rings. The van der Waals surface area contributed by atoms with Crippen LogP contribution in [-0.2, 0) is 19.1 Å². The van der Waals surface area contributed by atoms with Crippen LogP contribution < -0.4 is 10.6 Å². The fraction of sp³-hybridized carbons (Fsp3) is 0.316. The zero-order valence-electron chi connectivity index (χ0n) is 15.4. The van der Waals surface area contributed by atoms with Crippen molar-refractivity contribution < 1.29 is 23.9 Å². The highest BCUT2D eigenvalue weighted by Crippen LogP contribution is 2.16. The highest BCUT2D eigenvalue weighted by Gasteiger charge is 2.30. The number of amides is 2. The minimum Gasteiger partial charge on any atom is -0.463 e. The van der Waals surface area contributed by atoms with Crippen LogP contribution in [0.3, 0.4) is 0 Å². The second-order valence-electron chi connectivity index (χ2n) is 5.65. The monoisotopic (exact) mass is 390 g/mol. The Morgan fingerprint density at radius 3 is 2.56 bits per heavy atom. The Kier molecular flexibility index (Phi) is 7.48. The fourth-order valence-electron chi connectivity index (χ4n) is 2.46. The summed E-state index contributed by atoms with van der Waals surface area (Å²) in [6.45, 7) is 3.31. The molecule has 0 unspecified atom stereocenters. The molecule has 2 amide bonds. The molecule has 0 saturated heterocycles. The Morgan fingerprint density at radius 2 is 1.93 bits per heavy atom. The summed E-state index contributed by atoms with van der Waals surface area (Å²) in [5, 5.41) is 5.08. The lowest BCUT2D eigenvalue weighted by Crippen LogP contribution is -2.50. The number of hydrogen-bond donors (Lipinski definition) is 2. The summed E-state index contributed by atoms with van der Waals surface area (Å²) < 4.78 is 10.2. The molecule has 0 saturated carbocycles. The largest absolute Gasteiger partial charge is 0.463 e. The van der Waals surface area contributed by atoms with Gasteiger partial charge in [-0.05, 0) is 43.9 Å². The summed E-state index contributed by atoms with van der Waals surface area (Å²) in [4.78, 5) is 36.9. The van der Waals surface area contributed by atoms with Gasteiger partial charge in [0.2, 0.25) is 0 Å². The van der Waals surface area contributed by atoms with Crippen LogP contribution in [0.4, 0.5) is 4.79 Å². The Balaban J connectivity index is 2.03. The maximum absolute atomic E-state index is 12.1. The molecule has 0 bridgehead atoms. The molecule has 1 aromatic rings. The molecule has 0 fully saturated rings. The van der Waals surface area contributed by atoms with Gasteiger partial charge in [-0.15, -0.1) is 11.8 Å². The van der Waals surface area contributed by atoms with Crippen LogP contribution >= 0.6 is 11.8 Å². The molecule has 2 N–H and O–H groups in total. The minimum absolute atomic E-state index is 0.203. The van der Waals surface area contributed by atoms with E-state index in [0.29, 0.717) is 0 Å². The van der Waals surface area contributed by atoms with Crippen molar-refractivity contribution in [2.75, 3.05) is 19.5 Å². The van der Waals surface area contributed by atoms with E-state index in [1.807, 2.05) is 30.5 Å². The van der Waals surface area contributed by atoms with Crippen LogP contribution in [0.1, 0.15) is 19.4 Å². The Labute approximate surface area is 162 Å². The van der Waals surface area contributed by atoms with Gasteiger partial charge in [0.05, 0.1) is 23.9 Å². The molecular weight excluding hydrogens is 368 g/mol. The first-order valence-electron chi connectivity index (χ1n) is 8.41. The van der Waals surface area contributed by atoms with E-state index in [9.17, 15) is 14.4 Å². The molecular formula is C19H22N2O5S. The number of thioether (sulfide) groups is 1. The van der Waals surface area contributed by atoms with Gasteiger partial charge >= 0.3 is 18.0 Å². The Hall–Kier alpha value is -2.74. The molecule has 27 heavy (non-hydrogen) atoms. The Morgan fingerprint density at radius 1 is 1.22 bits per heavy atom. The summed E-state index contributed by atoms with van der Waals surface area (Å²) >= 11 is 1.63. The van der Waals surface area contributed by atoms with Gasteiger partial charge < -0.3 is 20.1 Å². The normalized spacial score (nSPS) is 16.7. The molecule has 0 radical (unpaired) electrons. The second-order valence-corrected chi connectivity index (χ2v) is 6.53. The van der Waals surface area contributed by atoms with Crippen molar-refractivity contribution in [2.24, 2.45) is 0 Å². The fourth-order valence-corrected chi connectivity index (χ4v) is 2.87. The van der Waals surface area contributed by atoms with Crippen LogP contribution in [0, 0.1) is 0 Å². The number of urea groups is 1. The van der Waals surface area contributed by atoms with E-state index in [2.05, 4.69) is 10.6 Å². The van der Waals surface area contributed by atoms with Gasteiger partial charge in [-0.3, -0.25) is 0 Å². The zero-order chi connectivity index (χ0) is 19.8. The van der Waals surface area contributed by atoms with E-state index < -0.39 is 24.0 Å². The molecule has 0 aromatic heterocycles. The summed E-state index contributed by atoms with van der Waals surface area (Å²) in [6, 6.07) is 6.69. The summed E-state index contributed by atoms with van der Waals surface area (Å²) in [7, 11) is 0. The van der Waals surface area contributed by atoms with Crippen molar-refractivity contribution in [3.63, 3.8) is 0 Å². The standard InChI is InChI=1S/C19H22N2O5S/c1-4-25-18(23)17-12(2)20-19(24)21-15(17)11-26-16(22)10-7-13-5-8-14(27-3)9-6-13/h5-10,12H,4,11H2,1-3H3,(H2,20,21,24)/b10-7+/t12-/m1/s1. The maximum atomic E-state index is 12.1. The predicted molar refractivity (Wildman–Crippen MR) is 103 cm³/mol. The van der Waals surface area contributed by atoms with E-state index in [1.54, 1.807) is 31.7 Å². The van der Waals surface area contributed by atoms with Crippen LogP contribution in [0.15, 0.2) is 46.5 Å².